The third-order valence-corrected chi connectivity index (χ3v) is 2.55. The molecule has 4 nitrogen and oxygen atoms in total. The van der Waals surface area contributed by atoms with Gasteiger partial charge in [0.15, 0.2) is 0 Å². The Morgan fingerprint density at radius 1 is 1.50 bits per heavy atom. The summed E-state index contributed by atoms with van der Waals surface area (Å²) in [6.07, 6.45) is 4.03. The summed E-state index contributed by atoms with van der Waals surface area (Å²) in [6, 6.07) is 5.96. The Morgan fingerprint density at radius 2 is 2.38 bits per heavy atom. The van der Waals surface area contributed by atoms with E-state index in [1.54, 1.807) is 6.26 Å². The summed E-state index contributed by atoms with van der Waals surface area (Å²) in [6.45, 7) is 2.08. The van der Waals surface area contributed by atoms with E-state index in [9.17, 15) is 0 Å². The van der Waals surface area contributed by atoms with Crippen LogP contribution in [-0.2, 0) is 6.42 Å². The second-order valence-corrected chi connectivity index (χ2v) is 4.37. The molecule has 0 radical (unpaired) electrons. The third-order valence-electron chi connectivity index (χ3n) is 2.12. The summed E-state index contributed by atoms with van der Waals surface area (Å²) in [7, 11) is 0. The maximum absolute atomic E-state index is 5.28. The number of furan rings is 1. The molecule has 0 aliphatic rings. The van der Waals surface area contributed by atoms with Crippen LogP contribution in [0.3, 0.4) is 0 Å². The van der Waals surface area contributed by atoms with Crippen molar-refractivity contribution in [3.05, 3.63) is 41.2 Å². The highest BCUT2D eigenvalue weighted by atomic mass is 79.9. The lowest BCUT2D eigenvalue weighted by Crippen LogP contribution is -2.18. The molecule has 0 spiro atoms. The number of hydrogen-bond acceptors (Lipinski definition) is 4. The minimum atomic E-state index is 0.257. The molecule has 5 heteroatoms. The topological polar surface area (TPSA) is 51.0 Å². The molecule has 0 saturated carbocycles. The quantitative estimate of drug-likeness (QED) is 0.876. The molecule has 0 aliphatic heterocycles. The Morgan fingerprint density at radius 3 is 3.06 bits per heavy atom. The van der Waals surface area contributed by atoms with Gasteiger partial charge < -0.3 is 9.73 Å². The van der Waals surface area contributed by atoms with Gasteiger partial charge in [0.05, 0.1) is 6.26 Å². The molecular weight excluding hydrogens is 270 g/mol. The van der Waals surface area contributed by atoms with Gasteiger partial charge in [-0.1, -0.05) is 0 Å². The Hall–Kier alpha value is -1.36. The van der Waals surface area contributed by atoms with Crippen molar-refractivity contribution in [1.29, 1.82) is 0 Å². The van der Waals surface area contributed by atoms with E-state index in [2.05, 4.69) is 38.1 Å². The normalized spacial score (nSPS) is 12.4. The summed E-state index contributed by atoms with van der Waals surface area (Å²) in [5.74, 6) is 1.77. The van der Waals surface area contributed by atoms with Crippen LogP contribution in [0.25, 0.3) is 0 Å². The van der Waals surface area contributed by atoms with Crippen molar-refractivity contribution in [2.75, 3.05) is 5.32 Å². The molecule has 2 aromatic heterocycles. The second-order valence-electron chi connectivity index (χ2n) is 3.55. The summed E-state index contributed by atoms with van der Waals surface area (Å²) in [5.41, 5.74) is 0. The van der Waals surface area contributed by atoms with Gasteiger partial charge in [-0.05, 0) is 35.0 Å². The van der Waals surface area contributed by atoms with Gasteiger partial charge in [-0.15, -0.1) is 0 Å². The predicted octanol–water partition coefficient (Wildman–Crippen LogP) is 2.88. The van der Waals surface area contributed by atoms with Gasteiger partial charge in [-0.3, -0.25) is 0 Å². The van der Waals surface area contributed by atoms with E-state index in [1.807, 2.05) is 18.2 Å². The summed E-state index contributed by atoms with van der Waals surface area (Å²) in [5, 5.41) is 3.28. The van der Waals surface area contributed by atoms with Crippen LogP contribution in [0.1, 0.15) is 12.7 Å². The predicted molar refractivity (Wildman–Crippen MR) is 65.2 cm³/mol. The van der Waals surface area contributed by atoms with Crippen LogP contribution < -0.4 is 5.32 Å². The van der Waals surface area contributed by atoms with Crippen molar-refractivity contribution < 1.29 is 4.42 Å². The molecule has 0 fully saturated rings. The number of nitrogens with one attached hydrogen (secondary N) is 1. The first kappa shape index (κ1) is 11.1. The first-order valence-corrected chi connectivity index (χ1v) is 5.80. The fraction of sp³-hybridized carbons (Fsp3) is 0.273. The van der Waals surface area contributed by atoms with Gasteiger partial charge in [0.1, 0.15) is 22.5 Å². The molecule has 0 amide bonds. The molecule has 84 valence electrons. The lowest BCUT2D eigenvalue weighted by atomic mass is 10.2. The largest absolute Gasteiger partial charge is 0.469 e. The van der Waals surface area contributed by atoms with Gasteiger partial charge in [0, 0.05) is 18.5 Å². The monoisotopic (exact) mass is 281 g/mol. The second kappa shape index (κ2) is 5.12. The summed E-state index contributed by atoms with van der Waals surface area (Å²) in [4.78, 5) is 8.10. The van der Waals surface area contributed by atoms with Crippen molar-refractivity contribution in [3.8, 4) is 0 Å². The van der Waals surface area contributed by atoms with Gasteiger partial charge >= 0.3 is 0 Å². The van der Waals surface area contributed by atoms with E-state index in [1.165, 1.54) is 6.33 Å². The number of aromatic nitrogens is 2. The summed E-state index contributed by atoms with van der Waals surface area (Å²) < 4.78 is 6.06. The van der Waals surface area contributed by atoms with Crippen LogP contribution in [0.15, 0.2) is 39.8 Å². The highest BCUT2D eigenvalue weighted by molar-refractivity contribution is 9.10. The average molecular weight is 282 g/mol. The first-order valence-electron chi connectivity index (χ1n) is 5.00. The zero-order valence-corrected chi connectivity index (χ0v) is 10.4. The number of rotatable bonds is 4. The van der Waals surface area contributed by atoms with E-state index in [0.717, 1.165) is 22.6 Å². The Kier molecular flexibility index (Phi) is 3.56. The minimum Gasteiger partial charge on any atom is -0.469 e. The Labute approximate surface area is 102 Å². The Bertz CT molecular complexity index is 444. The van der Waals surface area contributed by atoms with Gasteiger partial charge in [0.25, 0.3) is 0 Å². The molecule has 0 bridgehead atoms. The van der Waals surface area contributed by atoms with Gasteiger partial charge in [0.2, 0.25) is 0 Å². The zero-order valence-electron chi connectivity index (χ0n) is 8.85. The van der Waals surface area contributed by atoms with Crippen LogP contribution in [0, 0.1) is 0 Å². The zero-order chi connectivity index (χ0) is 11.4. The average Bonchev–Trinajstić information content (AvgIpc) is 2.70. The summed E-state index contributed by atoms with van der Waals surface area (Å²) >= 11 is 3.30. The fourth-order valence-electron chi connectivity index (χ4n) is 1.45. The number of nitrogens with zero attached hydrogens (tertiary/aromatic N) is 2. The van der Waals surface area contributed by atoms with E-state index < -0.39 is 0 Å². The lowest BCUT2D eigenvalue weighted by molar-refractivity contribution is 0.497. The molecule has 16 heavy (non-hydrogen) atoms. The molecule has 0 aliphatic carbocycles. The molecular formula is C11H12BrN3O. The number of anilines is 1. The number of hydrogen-bond donors (Lipinski definition) is 1. The lowest BCUT2D eigenvalue weighted by Gasteiger charge is -2.12. The molecule has 0 aromatic carbocycles. The van der Waals surface area contributed by atoms with E-state index >= 15 is 0 Å². The fourth-order valence-corrected chi connectivity index (χ4v) is 1.75. The van der Waals surface area contributed by atoms with E-state index in [0.29, 0.717) is 0 Å². The van der Waals surface area contributed by atoms with Crippen molar-refractivity contribution in [2.45, 2.75) is 19.4 Å². The maximum atomic E-state index is 5.28. The van der Waals surface area contributed by atoms with Crippen molar-refractivity contribution in [1.82, 2.24) is 9.97 Å². The molecule has 1 atom stereocenters. The molecule has 0 saturated heterocycles. The number of halogens is 1. The third kappa shape index (κ3) is 3.06. The molecule has 2 rings (SSSR count). The highest BCUT2D eigenvalue weighted by Gasteiger charge is 2.06. The SMILES string of the molecule is CC(Cc1ccco1)Nc1cc(Br)ncn1. The van der Waals surface area contributed by atoms with E-state index in [4.69, 9.17) is 4.42 Å². The first-order chi connectivity index (χ1) is 7.74. The van der Waals surface area contributed by atoms with Crippen LogP contribution in [0.2, 0.25) is 0 Å². The van der Waals surface area contributed by atoms with Crippen LogP contribution in [-0.4, -0.2) is 16.0 Å². The smallest absolute Gasteiger partial charge is 0.130 e. The van der Waals surface area contributed by atoms with Gasteiger partial charge in [-0.2, -0.15) is 0 Å². The van der Waals surface area contributed by atoms with Crippen LogP contribution >= 0.6 is 15.9 Å². The molecule has 1 N–H and O–H groups in total. The van der Waals surface area contributed by atoms with Crippen molar-refractivity contribution >= 4 is 21.7 Å². The minimum absolute atomic E-state index is 0.257. The molecule has 2 aromatic rings. The van der Waals surface area contributed by atoms with Crippen LogP contribution in [0.4, 0.5) is 5.82 Å². The maximum Gasteiger partial charge on any atom is 0.130 e. The standard InChI is InChI=1S/C11H12BrN3O/c1-8(5-9-3-2-4-16-9)15-11-6-10(12)13-7-14-11/h2-4,6-8H,5H2,1H3,(H,13,14,15). The van der Waals surface area contributed by atoms with Gasteiger partial charge in [-0.25, -0.2) is 9.97 Å². The Balaban J connectivity index is 1.94. The van der Waals surface area contributed by atoms with Crippen molar-refractivity contribution in [3.63, 3.8) is 0 Å². The van der Waals surface area contributed by atoms with Crippen LogP contribution in [0.5, 0.6) is 0 Å². The van der Waals surface area contributed by atoms with Crippen molar-refractivity contribution in [2.24, 2.45) is 0 Å². The van der Waals surface area contributed by atoms with E-state index in [-0.39, 0.29) is 6.04 Å². The molecule has 1 unspecified atom stereocenters. The highest BCUT2D eigenvalue weighted by Crippen LogP contribution is 2.12. The molecule has 2 heterocycles.